The van der Waals surface area contributed by atoms with Crippen LogP contribution in [0.2, 0.25) is 0 Å². The molecule has 0 spiro atoms. The largest absolute Gasteiger partial charge is 0.480 e. The van der Waals surface area contributed by atoms with E-state index in [0.29, 0.717) is 6.42 Å². The van der Waals surface area contributed by atoms with Crippen molar-refractivity contribution in [3.05, 3.63) is 47.0 Å². The summed E-state index contributed by atoms with van der Waals surface area (Å²) >= 11 is 0. The number of carboxylic acid groups (broad SMARTS) is 1. The van der Waals surface area contributed by atoms with Gasteiger partial charge in [0.05, 0.1) is 9.82 Å². The van der Waals surface area contributed by atoms with Crippen LogP contribution in [0.3, 0.4) is 0 Å². The van der Waals surface area contributed by atoms with Crippen LogP contribution in [0.25, 0.3) is 0 Å². The van der Waals surface area contributed by atoms with Crippen LogP contribution in [0.5, 0.6) is 0 Å². The normalized spacial score (nSPS) is 12.8. The summed E-state index contributed by atoms with van der Waals surface area (Å²) in [4.78, 5) is 21.0. The monoisotopic (exact) mass is 328 g/mol. The topological polar surface area (TPSA) is 118 Å². The quantitative estimate of drug-likeness (QED) is 0.440. The van der Waals surface area contributed by atoms with Crippen LogP contribution in [0, 0.1) is 10.1 Å². The number of benzene rings is 1. The summed E-state index contributed by atoms with van der Waals surface area (Å²) in [6, 6.07) is 3.03. The van der Waals surface area contributed by atoms with Crippen LogP contribution in [0.1, 0.15) is 12.8 Å². The molecule has 0 aliphatic rings. The zero-order valence-corrected chi connectivity index (χ0v) is 12.7. The lowest BCUT2D eigenvalue weighted by molar-refractivity contribution is -0.384. The van der Waals surface area contributed by atoms with Gasteiger partial charge in [-0.3, -0.25) is 14.9 Å². The molecule has 0 aliphatic carbocycles. The van der Waals surface area contributed by atoms with E-state index in [1.54, 1.807) is 0 Å². The van der Waals surface area contributed by atoms with Gasteiger partial charge in [0.1, 0.15) is 6.04 Å². The highest BCUT2D eigenvalue weighted by Crippen LogP contribution is 2.21. The van der Waals surface area contributed by atoms with E-state index in [1.807, 2.05) is 0 Å². The molecule has 0 unspecified atom stereocenters. The zero-order chi connectivity index (χ0) is 16.9. The van der Waals surface area contributed by atoms with E-state index in [-0.39, 0.29) is 17.0 Å². The molecule has 1 rings (SSSR count). The van der Waals surface area contributed by atoms with E-state index in [0.717, 1.165) is 28.6 Å². The predicted octanol–water partition coefficient (Wildman–Crippen LogP) is 1.63. The molecule has 1 aromatic carbocycles. The first-order chi connectivity index (χ1) is 10.2. The smallest absolute Gasteiger partial charge is 0.322 e. The van der Waals surface area contributed by atoms with E-state index in [1.165, 1.54) is 13.1 Å². The fourth-order valence-corrected chi connectivity index (χ4v) is 3.15. The Kier molecular flexibility index (Phi) is 5.77. The van der Waals surface area contributed by atoms with Crippen molar-refractivity contribution < 1.29 is 23.2 Å². The Labute approximate surface area is 127 Å². The molecular formula is C13H16N2O6S. The third-order valence-electron chi connectivity index (χ3n) is 3.09. The molecule has 22 heavy (non-hydrogen) atoms. The maximum atomic E-state index is 12.4. The summed E-state index contributed by atoms with van der Waals surface area (Å²) in [5.41, 5.74) is -0.247. The number of allylic oxidation sites excluding steroid dienone is 1. The number of nitrogens with zero attached hydrogens (tertiary/aromatic N) is 2. The van der Waals surface area contributed by atoms with Gasteiger partial charge in [0.15, 0.2) is 0 Å². The van der Waals surface area contributed by atoms with Crippen molar-refractivity contribution in [3.63, 3.8) is 0 Å². The van der Waals surface area contributed by atoms with E-state index >= 15 is 0 Å². The number of carboxylic acids is 1. The van der Waals surface area contributed by atoms with Crippen molar-refractivity contribution in [2.75, 3.05) is 7.05 Å². The second-order valence-corrected chi connectivity index (χ2v) is 6.49. The van der Waals surface area contributed by atoms with Gasteiger partial charge in [-0.1, -0.05) is 6.08 Å². The number of non-ortho nitro benzene ring substituents is 1. The minimum Gasteiger partial charge on any atom is -0.480 e. The van der Waals surface area contributed by atoms with Crippen molar-refractivity contribution in [2.24, 2.45) is 0 Å². The third-order valence-corrected chi connectivity index (χ3v) is 4.97. The van der Waals surface area contributed by atoms with Crippen LogP contribution in [0.15, 0.2) is 41.8 Å². The minimum absolute atomic E-state index is 0.0849. The molecule has 0 bridgehead atoms. The second kappa shape index (κ2) is 7.14. The van der Waals surface area contributed by atoms with Gasteiger partial charge in [0.2, 0.25) is 10.0 Å². The molecular weight excluding hydrogens is 312 g/mol. The molecule has 0 saturated carbocycles. The van der Waals surface area contributed by atoms with Crippen molar-refractivity contribution in [2.45, 2.75) is 23.8 Å². The SMILES string of the molecule is C=CCC[C@@H](C(=O)O)N(C)S(=O)(=O)c1ccc([N+](=O)[O-])cc1. The fourth-order valence-electron chi connectivity index (χ4n) is 1.81. The Morgan fingerprint density at radius 3 is 2.41 bits per heavy atom. The van der Waals surface area contributed by atoms with Crippen molar-refractivity contribution in [1.29, 1.82) is 0 Å². The van der Waals surface area contributed by atoms with Crippen LogP contribution >= 0.6 is 0 Å². The first-order valence-electron chi connectivity index (χ1n) is 6.28. The fraction of sp³-hybridized carbons (Fsp3) is 0.308. The molecule has 1 aromatic rings. The van der Waals surface area contributed by atoms with Gasteiger partial charge in [-0.15, -0.1) is 6.58 Å². The van der Waals surface area contributed by atoms with Gasteiger partial charge < -0.3 is 5.11 Å². The molecule has 120 valence electrons. The zero-order valence-electron chi connectivity index (χ0n) is 11.9. The highest BCUT2D eigenvalue weighted by Gasteiger charge is 2.32. The number of carbonyl (C=O) groups is 1. The van der Waals surface area contributed by atoms with Crippen LogP contribution in [0.4, 0.5) is 5.69 Å². The molecule has 9 heteroatoms. The van der Waals surface area contributed by atoms with Gasteiger partial charge >= 0.3 is 5.97 Å². The number of sulfonamides is 1. The number of nitro benzene ring substituents is 1. The standard InChI is InChI=1S/C13H16N2O6S/c1-3-4-5-12(13(16)17)14(2)22(20,21)11-8-6-10(7-9-11)15(18)19/h3,6-9,12H,1,4-5H2,2H3,(H,16,17)/t12-/m0/s1. The number of aliphatic carboxylic acids is 1. The molecule has 8 nitrogen and oxygen atoms in total. The summed E-state index contributed by atoms with van der Waals surface area (Å²) in [5, 5.41) is 19.7. The lowest BCUT2D eigenvalue weighted by Gasteiger charge is -2.23. The van der Waals surface area contributed by atoms with E-state index in [9.17, 15) is 23.3 Å². The molecule has 0 aromatic heterocycles. The van der Waals surface area contributed by atoms with Crippen LogP contribution in [-0.4, -0.2) is 41.8 Å². The predicted molar refractivity (Wildman–Crippen MR) is 78.9 cm³/mol. The molecule has 0 saturated heterocycles. The Balaban J connectivity index is 3.12. The Morgan fingerprint density at radius 1 is 1.45 bits per heavy atom. The first-order valence-corrected chi connectivity index (χ1v) is 7.72. The maximum absolute atomic E-state index is 12.4. The van der Waals surface area contributed by atoms with Gasteiger partial charge in [-0.05, 0) is 25.0 Å². The van der Waals surface area contributed by atoms with Gasteiger partial charge in [0, 0.05) is 19.2 Å². The highest BCUT2D eigenvalue weighted by atomic mass is 32.2. The summed E-state index contributed by atoms with van der Waals surface area (Å²) in [7, 11) is -2.90. The van der Waals surface area contributed by atoms with E-state index in [2.05, 4.69) is 6.58 Å². The number of likely N-dealkylation sites (N-methyl/N-ethyl adjacent to an activating group) is 1. The summed E-state index contributed by atoms with van der Waals surface area (Å²) in [5.74, 6) is -1.27. The average molecular weight is 328 g/mol. The molecule has 0 fully saturated rings. The van der Waals surface area contributed by atoms with Gasteiger partial charge in [-0.25, -0.2) is 8.42 Å². The van der Waals surface area contributed by atoms with Crippen molar-refractivity contribution >= 4 is 21.7 Å². The first kappa shape index (κ1) is 17.8. The number of hydrogen-bond acceptors (Lipinski definition) is 5. The van der Waals surface area contributed by atoms with Crippen LogP contribution in [-0.2, 0) is 14.8 Å². The molecule has 1 atom stereocenters. The molecule has 0 radical (unpaired) electrons. The maximum Gasteiger partial charge on any atom is 0.322 e. The number of nitro groups is 1. The Bertz CT molecular complexity index is 668. The van der Waals surface area contributed by atoms with Crippen molar-refractivity contribution in [3.8, 4) is 0 Å². The Morgan fingerprint density at radius 2 is 2.00 bits per heavy atom. The van der Waals surface area contributed by atoms with Crippen molar-refractivity contribution in [1.82, 2.24) is 4.31 Å². The molecule has 0 aliphatic heterocycles. The summed E-state index contributed by atoms with van der Waals surface area (Å²) < 4.78 is 25.5. The molecule has 1 N–H and O–H groups in total. The molecule has 0 amide bonds. The highest BCUT2D eigenvalue weighted by molar-refractivity contribution is 7.89. The summed E-state index contributed by atoms with van der Waals surface area (Å²) in [6.07, 6.45) is 1.93. The van der Waals surface area contributed by atoms with Gasteiger partial charge in [0.25, 0.3) is 5.69 Å². The number of hydrogen-bond donors (Lipinski definition) is 1. The minimum atomic E-state index is -4.06. The van der Waals surface area contributed by atoms with E-state index < -0.39 is 27.0 Å². The Hall–Kier alpha value is -2.26. The molecule has 0 heterocycles. The lowest BCUT2D eigenvalue weighted by Crippen LogP contribution is -2.42. The average Bonchev–Trinajstić information content (AvgIpc) is 2.47. The van der Waals surface area contributed by atoms with Gasteiger partial charge in [-0.2, -0.15) is 4.31 Å². The third kappa shape index (κ3) is 3.89. The second-order valence-electron chi connectivity index (χ2n) is 4.49. The summed E-state index contributed by atoms with van der Waals surface area (Å²) in [6.45, 7) is 3.47. The lowest BCUT2D eigenvalue weighted by atomic mass is 10.1. The number of rotatable bonds is 8. The van der Waals surface area contributed by atoms with E-state index in [4.69, 9.17) is 5.11 Å². The van der Waals surface area contributed by atoms with Crippen LogP contribution < -0.4 is 0 Å².